The predicted octanol–water partition coefficient (Wildman–Crippen LogP) is 3.33. The number of ether oxygens (including phenoxy) is 1. The fraction of sp³-hybridized carbons (Fsp3) is 0.467. The quantitative estimate of drug-likeness (QED) is 0.811. The standard InChI is InChI=1S/C15H20FNO/c1-3-17-9-5-6-12(11-17)14-8-7-13(16)10-15(14)18-4-2/h6-8,10H,3-5,9,11H2,1-2H3. The van der Waals surface area contributed by atoms with E-state index in [2.05, 4.69) is 17.9 Å². The van der Waals surface area contributed by atoms with Crippen LogP contribution < -0.4 is 4.74 Å². The maximum Gasteiger partial charge on any atom is 0.129 e. The van der Waals surface area contributed by atoms with Gasteiger partial charge in [0.1, 0.15) is 11.6 Å². The molecule has 1 aromatic rings. The number of halogens is 1. The maximum atomic E-state index is 13.3. The summed E-state index contributed by atoms with van der Waals surface area (Å²) in [7, 11) is 0. The van der Waals surface area contributed by atoms with Crippen LogP contribution in [0.5, 0.6) is 5.75 Å². The van der Waals surface area contributed by atoms with Gasteiger partial charge in [-0.25, -0.2) is 4.39 Å². The van der Waals surface area contributed by atoms with E-state index in [-0.39, 0.29) is 5.82 Å². The SMILES string of the molecule is CCOc1cc(F)ccc1C1=CCCN(CC)C1. The first-order valence-corrected chi connectivity index (χ1v) is 6.58. The van der Waals surface area contributed by atoms with Crippen molar-refractivity contribution in [3.63, 3.8) is 0 Å². The first-order valence-electron chi connectivity index (χ1n) is 6.58. The molecule has 0 radical (unpaired) electrons. The van der Waals surface area contributed by atoms with E-state index in [4.69, 9.17) is 4.74 Å². The highest BCUT2D eigenvalue weighted by Crippen LogP contribution is 2.29. The third-order valence-corrected chi connectivity index (χ3v) is 3.27. The molecule has 0 aromatic heterocycles. The third kappa shape index (κ3) is 2.91. The summed E-state index contributed by atoms with van der Waals surface area (Å²) >= 11 is 0. The van der Waals surface area contributed by atoms with Crippen molar-refractivity contribution < 1.29 is 9.13 Å². The Morgan fingerprint density at radius 1 is 1.33 bits per heavy atom. The molecule has 1 aliphatic rings. The molecular weight excluding hydrogens is 229 g/mol. The average Bonchev–Trinajstić information content (AvgIpc) is 2.39. The van der Waals surface area contributed by atoms with Crippen LogP contribution in [0.2, 0.25) is 0 Å². The minimum atomic E-state index is -0.244. The molecule has 98 valence electrons. The normalized spacial score (nSPS) is 16.5. The van der Waals surface area contributed by atoms with Crippen molar-refractivity contribution >= 4 is 5.57 Å². The Bertz CT molecular complexity index is 442. The van der Waals surface area contributed by atoms with Crippen molar-refractivity contribution in [1.82, 2.24) is 4.90 Å². The molecule has 0 saturated carbocycles. The summed E-state index contributed by atoms with van der Waals surface area (Å²) in [6.45, 7) is 7.70. The molecular formula is C15H20FNO. The molecule has 0 atom stereocenters. The second-order valence-corrected chi connectivity index (χ2v) is 4.46. The lowest BCUT2D eigenvalue weighted by Crippen LogP contribution is -2.29. The Labute approximate surface area is 108 Å². The van der Waals surface area contributed by atoms with Gasteiger partial charge < -0.3 is 4.74 Å². The largest absolute Gasteiger partial charge is 0.493 e. The lowest BCUT2D eigenvalue weighted by molar-refractivity contribution is 0.318. The first-order chi connectivity index (χ1) is 8.74. The smallest absolute Gasteiger partial charge is 0.129 e. The Balaban J connectivity index is 2.29. The van der Waals surface area contributed by atoms with Gasteiger partial charge in [0.15, 0.2) is 0 Å². The van der Waals surface area contributed by atoms with Gasteiger partial charge in [0.2, 0.25) is 0 Å². The lowest BCUT2D eigenvalue weighted by Gasteiger charge is -2.26. The summed E-state index contributed by atoms with van der Waals surface area (Å²) in [6.07, 6.45) is 3.29. The molecule has 2 nitrogen and oxygen atoms in total. The monoisotopic (exact) mass is 249 g/mol. The Kier molecular flexibility index (Phi) is 4.37. The van der Waals surface area contributed by atoms with Crippen LogP contribution in [0.25, 0.3) is 5.57 Å². The van der Waals surface area contributed by atoms with E-state index >= 15 is 0 Å². The molecule has 0 N–H and O–H groups in total. The highest BCUT2D eigenvalue weighted by molar-refractivity contribution is 5.72. The van der Waals surface area contributed by atoms with Crippen LogP contribution >= 0.6 is 0 Å². The van der Waals surface area contributed by atoms with Gasteiger partial charge in [0, 0.05) is 24.7 Å². The number of hydrogen-bond acceptors (Lipinski definition) is 2. The van der Waals surface area contributed by atoms with Crippen LogP contribution in [0.1, 0.15) is 25.8 Å². The molecule has 0 amide bonds. The van der Waals surface area contributed by atoms with E-state index in [1.807, 2.05) is 13.0 Å². The summed E-state index contributed by atoms with van der Waals surface area (Å²) in [5, 5.41) is 0. The molecule has 0 spiro atoms. The minimum absolute atomic E-state index is 0.244. The van der Waals surface area contributed by atoms with E-state index in [0.717, 1.165) is 31.6 Å². The number of rotatable bonds is 4. The molecule has 0 aliphatic carbocycles. The van der Waals surface area contributed by atoms with E-state index in [9.17, 15) is 4.39 Å². The molecule has 0 saturated heterocycles. The minimum Gasteiger partial charge on any atom is -0.493 e. The molecule has 1 aliphatic heterocycles. The zero-order valence-electron chi connectivity index (χ0n) is 11.1. The Morgan fingerprint density at radius 3 is 2.89 bits per heavy atom. The van der Waals surface area contributed by atoms with Gasteiger partial charge in [-0.05, 0) is 37.6 Å². The van der Waals surface area contributed by atoms with Crippen molar-refractivity contribution in [2.45, 2.75) is 20.3 Å². The van der Waals surface area contributed by atoms with Gasteiger partial charge in [-0.15, -0.1) is 0 Å². The van der Waals surface area contributed by atoms with E-state index in [1.165, 1.54) is 17.7 Å². The van der Waals surface area contributed by atoms with Crippen LogP contribution in [-0.2, 0) is 0 Å². The Hall–Kier alpha value is -1.35. The summed E-state index contributed by atoms with van der Waals surface area (Å²) < 4.78 is 18.8. The highest BCUT2D eigenvalue weighted by Gasteiger charge is 2.16. The predicted molar refractivity (Wildman–Crippen MR) is 72.3 cm³/mol. The molecule has 0 fully saturated rings. The number of hydrogen-bond donors (Lipinski definition) is 0. The Morgan fingerprint density at radius 2 is 2.17 bits per heavy atom. The molecule has 1 aromatic carbocycles. The van der Waals surface area contributed by atoms with Crippen molar-refractivity contribution in [2.75, 3.05) is 26.2 Å². The molecule has 2 rings (SSSR count). The van der Waals surface area contributed by atoms with Crippen LogP contribution in [0.3, 0.4) is 0 Å². The van der Waals surface area contributed by atoms with E-state index < -0.39 is 0 Å². The van der Waals surface area contributed by atoms with Gasteiger partial charge >= 0.3 is 0 Å². The molecule has 0 unspecified atom stereocenters. The van der Waals surface area contributed by atoms with Crippen molar-refractivity contribution in [1.29, 1.82) is 0 Å². The number of likely N-dealkylation sites (N-methyl/N-ethyl adjacent to an activating group) is 1. The van der Waals surface area contributed by atoms with Gasteiger partial charge in [0.05, 0.1) is 6.61 Å². The first kappa shape index (κ1) is 13.1. The summed E-state index contributed by atoms with van der Waals surface area (Å²) in [4.78, 5) is 2.38. The summed E-state index contributed by atoms with van der Waals surface area (Å²) in [6, 6.07) is 4.81. The highest BCUT2D eigenvalue weighted by atomic mass is 19.1. The molecule has 3 heteroatoms. The average molecular weight is 249 g/mol. The van der Waals surface area contributed by atoms with Crippen molar-refractivity contribution in [3.8, 4) is 5.75 Å². The molecule has 18 heavy (non-hydrogen) atoms. The fourth-order valence-corrected chi connectivity index (χ4v) is 2.31. The maximum absolute atomic E-state index is 13.3. The second-order valence-electron chi connectivity index (χ2n) is 4.46. The fourth-order valence-electron chi connectivity index (χ4n) is 2.31. The van der Waals surface area contributed by atoms with Gasteiger partial charge in [0.25, 0.3) is 0 Å². The topological polar surface area (TPSA) is 12.5 Å². The van der Waals surface area contributed by atoms with Gasteiger partial charge in [-0.2, -0.15) is 0 Å². The van der Waals surface area contributed by atoms with Crippen LogP contribution in [0.15, 0.2) is 24.3 Å². The second kappa shape index (κ2) is 6.01. The van der Waals surface area contributed by atoms with Crippen molar-refractivity contribution in [2.24, 2.45) is 0 Å². The third-order valence-electron chi connectivity index (χ3n) is 3.27. The van der Waals surface area contributed by atoms with Gasteiger partial charge in [-0.1, -0.05) is 13.0 Å². The zero-order valence-corrected chi connectivity index (χ0v) is 11.1. The molecule has 1 heterocycles. The summed E-state index contributed by atoms with van der Waals surface area (Å²) in [5.74, 6) is 0.410. The van der Waals surface area contributed by atoms with Crippen LogP contribution in [0, 0.1) is 5.82 Å². The van der Waals surface area contributed by atoms with Crippen LogP contribution in [-0.4, -0.2) is 31.1 Å². The zero-order chi connectivity index (χ0) is 13.0. The number of benzene rings is 1. The van der Waals surface area contributed by atoms with Crippen molar-refractivity contribution in [3.05, 3.63) is 35.7 Å². The molecule has 0 bridgehead atoms. The lowest BCUT2D eigenvalue weighted by atomic mass is 10.00. The van der Waals surface area contributed by atoms with E-state index in [1.54, 1.807) is 0 Å². The van der Waals surface area contributed by atoms with E-state index in [0.29, 0.717) is 12.4 Å². The van der Waals surface area contributed by atoms with Crippen LogP contribution in [0.4, 0.5) is 4.39 Å². The van der Waals surface area contributed by atoms with Gasteiger partial charge in [-0.3, -0.25) is 4.90 Å². The summed E-state index contributed by atoms with van der Waals surface area (Å²) in [5.41, 5.74) is 2.27. The number of nitrogens with zero attached hydrogens (tertiary/aromatic N) is 1.